The molecule has 1 saturated carbocycles. The van der Waals surface area contributed by atoms with Crippen molar-refractivity contribution in [3.05, 3.63) is 41.3 Å². The molecular weight excluding hydrogens is 557 g/mol. The highest BCUT2D eigenvalue weighted by atomic mass is 32.1. The van der Waals surface area contributed by atoms with E-state index in [9.17, 15) is 9.90 Å². The van der Waals surface area contributed by atoms with Gasteiger partial charge in [-0.15, -0.1) is 0 Å². The number of nitrogens with zero attached hydrogens (tertiary/aromatic N) is 6. The highest BCUT2D eigenvalue weighted by Crippen LogP contribution is 2.40. The molecule has 2 atom stereocenters. The standard InChI is InChI=1S/C30H40N6O3.2H2S/c1-18-11-21-15-31-36(25(21)13-24(18)20-7-9-30(6,38)10-8-20)27-14-26(32-19(2)33-27)34-16-23-12-22(34)17-35(23)28(37)39-29(3,4)5;;/h11,13-15,20,22-23,38H,7-10,12,16-17H2,1-6H3;2*1H2. The highest BCUT2D eigenvalue weighted by Gasteiger charge is 2.47. The average molecular weight is 601 g/mol. The number of aromatic nitrogens is 4. The van der Waals surface area contributed by atoms with Gasteiger partial charge >= 0.3 is 6.09 Å². The van der Waals surface area contributed by atoms with E-state index in [2.05, 4.69) is 24.0 Å². The molecule has 3 aliphatic rings. The fourth-order valence-electron chi connectivity index (χ4n) is 6.66. The summed E-state index contributed by atoms with van der Waals surface area (Å²) in [6.07, 6.45) is 6.22. The monoisotopic (exact) mass is 600 g/mol. The maximum Gasteiger partial charge on any atom is 0.410 e. The van der Waals surface area contributed by atoms with Crippen LogP contribution in [0, 0.1) is 13.8 Å². The van der Waals surface area contributed by atoms with Crippen LogP contribution in [0.3, 0.4) is 0 Å². The Balaban J connectivity index is 0.00000194. The van der Waals surface area contributed by atoms with Gasteiger partial charge < -0.3 is 19.6 Å². The average Bonchev–Trinajstić information content (AvgIpc) is 3.56. The molecule has 0 radical (unpaired) electrons. The van der Waals surface area contributed by atoms with Crippen LogP contribution >= 0.6 is 27.0 Å². The number of anilines is 1. The number of likely N-dealkylation sites (tertiary alicyclic amines) is 1. The first-order chi connectivity index (χ1) is 18.4. The van der Waals surface area contributed by atoms with Gasteiger partial charge in [-0.3, -0.25) is 0 Å². The van der Waals surface area contributed by atoms with E-state index in [1.165, 1.54) is 11.1 Å². The molecule has 2 aliphatic heterocycles. The summed E-state index contributed by atoms with van der Waals surface area (Å²) in [6, 6.07) is 6.85. The number of aliphatic hydroxyl groups is 1. The fourth-order valence-corrected chi connectivity index (χ4v) is 6.66. The van der Waals surface area contributed by atoms with Crippen molar-refractivity contribution in [1.29, 1.82) is 0 Å². The van der Waals surface area contributed by atoms with Crippen molar-refractivity contribution in [2.24, 2.45) is 0 Å². The zero-order chi connectivity index (χ0) is 27.7. The lowest BCUT2D eigenvalue weighted by Crippen LogP contribution is -2.50. The first kappa shape index (κ1) is 31.4. The topological polar surface area (TPSA) is 96.6 Å². The van der Waals surface area contributed by atoms with Gasteiger partial charge in [-0.2, -0.15) is 32.1 Å². The van der Waals surface area contributed by atoms with Gasteiger partial charge in [0, 0.05) is 24.5 Å². The van der Waals surface area contributed by atoms with Crippen molar-refractivity contribution in [2.75, 3.05) is 18.0 Å². The number of hydrogen-bond acceptors (Lipinski definition) is 7. The van der Waals surface area contributed by atoms with E-state index in [1.54, 1.807) is 0 Å². The minimum atomic E-state index is -0.551. The fraction of sp³-hybridized carbons (Fsp3) is 0.600. The third kappa shape index (κ3) is 6.17. The molecule has 9 nitrogen and oxygen atoms in total. The van der Waals surface area contributed by atoms with E-state index in [0.717, 1.165) is 61.2 Å². The largest absolute Gasteiger partial charge is 0.444 e. The summed E-state index contributed by atoms with van der Waals surface area (Å²) < 4.78 is 7.56. The zero-order valence-corrected chi connectivity index (χ0v) is 26.9. The van der Waals surface area contributed by atoms with E-state index >= 15 is 0 Å². The number of fused-ring (bicyclic) bond motifs is 3. The normalized spacial score (nSPS) is 25.7. The van der Waals surface area contributed by atoms with E-state index < -0.39 is 11.2 Å². The Hall–Kier alpha value is -2.50. The minimum absolute atomic E-state index is 0. The molecule has 6 rings (SSSR count). The zero-order valence-electron chi connectivity index (χ0n) is 24.9. The van der Waals surface area contributed by atoms with Crippen LogP contribution < -0.4 is 4.90 Å². The molecule has 224 valence electrons. The predicted octanol–water partition coefficient (Wildman–Crippen LogP) is 5.26. The summed E-state index contributed by atoms with van der Waals surface area (Å²) in [5, 5.41) is 16.3. The third-order valence-electron chi connectivity index (χ3n) is 8.65. The number of piperazine rings is 1. The first-order valence-electron chi connectivity index (χ1n) is 14.2. The summed E-state index contributed by atoms with van der Waals surface area (Å²) in [4.78, 5) is 26.5. The van der Waals surface area contributed by atoms with Crippen LogP contribution in [-0.2, 0) is 4.74 Å². The quantitative estimate of drug-likeness (QED) is 0.438. The van der Waals surface area contributed by atoms with Gasteiger partial charge in [0.25, 0.3) is 0 Å². The van der Waals surface area contributed by atoms with Gasteiger partial charge in [0.05, 0.1) is 29.4 Å². The second-order valence-electron chi connectivity index (χ2n) is 13.1. The Bertz CT molecular complexity index is 1430. The number of amides is 1. The van der Waals surface area contributed by atoms with E-state index in [4.69, 9.17) is 19.8 Å². The van der Waals surface area contributed by atoms with Crippen molar-refractivity contribution in [2.45, 2.75) is 103 Å². The second-order valence-corrected chi connectivity index (χ2v) is 13.1. The molecule has 2 unspecified atom stereocenters. The summed E-state index contributed by atoms with van der Waals surface area (Å²) in [7, 11) is 0. The Labute approximate surface area is 256 Å². The Morgan fingerprint density at radius 3 is 2.34 bits per heavy atom. The Kier molecular flexibility index (Phi) is 8.66. The van der Waals surface area contributed by atoms with Crippen LogP contribution in [0.5, 0.6) is 0 Å². The number of carbonyl (C=O) groups excluding carboxylic acids is 1. The summed E-state index contributed by atoms with van der Waals surface area (Å²) in [5.41, 5.74) is 2.60. The van der Waals surface area contributed by atoms with E-state index in [0.29, 0.717) is 18.3 Å². The van der Waals surface area contributed by atoms with Gasteiger partial charge in [-0.1, -0.05) is 0 Å². The van der Waals surface area contributed by atoms with Crippen LogP contribution in [0.15, 0.2) is 24.4 Å². The number of hydrogen-bond donors (Lipinski definition) is 1. The number of carbonyl (C=O) groups is 1. The van der Waals surface area contributed by atoms with Crippen molar-refractivity contribution in [3.63, 3.8) is 0 Å². The number of rotatable bonds is 3. The molecule has 1 aromatic carbocycles. The molecule has 2 saturated heterocycles. The molecule has 41 heavy (non-hydrogen) atoms. The molecule has 2 bridgehead atoms. The van der Waals surface area contributed by atoms with Crippen molar-refractivity contribution in [1.82, 2.24) is 24.6 Å². The van der Waals surface area contributed by atoms with Crippen LogP contribution in [0.1, 0.15) is 82.7 Å². The maximum absolute atomic E-state index is 12.7. The van der Waals surface area contributed by atoms with Gasteiger partial charge in [-0.25, -0.2) is 19.4 Å². The van der Waals surface area contributed by atoms with Crippen LogP contribution in [0.4, 0.5) is 10.6 Å². The number of aryl methyl sites for hydroxylation is 2. The maximum atomic E-state index is 12.7. The molecule has 3 aromatic rings. The van der Waals surface area contributed by atoms with Crippen molar-refractivity contribution in [3.8, 4) is 5.82 Å². The molecule has 4 heterocycles. The molecule has 0 spiro atoms. The lowest BCUT2D eigenvalue weighted by molar-refractivity contribution is 0.0170. The SMILES string of the molecule is Cc1nc(N2CC3CC2CN3C(=O)OC(C)(C)C)cc(-n2ncc3cc(C)c(C4CCC(C)(O)CC4)cc32)n1.S.S. The molecule has 2 aromatic heterocycles. The number of benzene rings is 1. The van der Waals surface area contributed by atoms with Gasteiger partial charge in [0.1, 0.15) is 17.2 Å². The molecule has 1 N–H and O–H groups in total. The van der Waals surface area contributed by atoms with E-state index in [1.807, 2.05) is 56.5 Å². The lowest BCUT2D eigenvalue weighted by atomic mass is 9.76. The van der Waals surface area contributed by atoms with Crippen molar-refractivity contribution < 1.29 is 14.6 Å². The molecule has 11 heteroatoms. The molecule has 3 fully saturated rings. The van der Waals surface area contributed by atoms with Crippen LogP contribution in [0.25, 0.3) is 16.7 Å². The summed E-state index contributed by atoms with van der Waals surface area (Å²) in [5.74, 6) is 2.76. The third-order valence-corrected chi connectivity index (χ3v) is 8.65. The second kappa shape index (κ2) is 11.3. The Morgan fingerprint density at radius 1 is 1.02 bits per heavy atom. The van der Waals surface area contributed by atoms with Gasteiger partial charge in [0.2, 0.25) is 0 Å². The summed E-state index contributed by atoms with van der Waals surface area (Å²) >= 11 is 0. The number of ether oxygens (including phenoxy) is 1. The van der Waals surface area contributed by atoms with E-state index in [-0.39, 0.29) is 45.2 Å². The first-order valence-corrected chi connectivity index (χ1v) is 14.2. The summed E-state index contributed by atoms with van der Waals surface area (Å²) in [6.45, 7) is 13.1. The minimum Gasteiger partial charge on any atom is -0.444 e. The van der Waals surface area contributed by atoms with Gasteiger partial charge in [0.15, 0.2) is 5.82 Å². The Morgan fingerprint density at radius 2 is 1.71 bits per heavy atom. The highest BCUT2D eigenvalue weighted by molar-refractivity contribution is 7.59. The lowest BCUT2D eigenvalue weighted by Gasteiger charge is -2.35. The van der Waals surface area contributed by atoms with Gasteiger partial charge in [-0.05, 0) is 103 Å². The molecular formula is C30H44N6O3S2. The van der Waals surface area contributed by atoms with Crippen LogP contribution in [-0.4, -0.2) is 72.2 Å². The predicted molar refractivity (Wildman–Crippen MR) is 171 cm³/mol. The molecule has 1 aliphatic carbocycles. The smallest absolute Gasteiger partial charge is 0.410 e. The molecule has 1 amide bonds. The van der Waals surface area contributed by atoms with Crippen molar-refractivity contribution >= 4 is 49.8 Å². The van der Waals surface area contributed by atoms with Crippen LogP contribution in [0.2, 0.25) is 0 Å².